The molecular weight excluding hydrogens is 261 g/mol. The molecule has 1 aromatic rings. The van der Waals surface area contributed by atoms with Gasteiger partial charge in [0.1, 0.15) is 19.0 Å². The van der Waals surface area contributed by atoms with E-state index >= 15 is 0 Å². The fourth-order valence-electron chi connectivity index (χ4n) is 1.31. The second-order valence-corrected chi connectivity index (χ2v) is 5.10. The Labute approximate surface area is 117 Å². The average Bonchev–Trinajstić information content (AvgIpc) is 2.35. The van der Waals surface area contributed by atoms with Crippen molar-refractivity contribution in [2.45, 2.75) is 26.4 Å². The minimum atomic E-state index is -0.555. The summed E-state index contributed by atoms with van der Waals surface area (Å²) >= 11 is 0. The van der Waals surface area contributed by atoms with E-state index in [0.29, 0.717) is 5.69 Å². The van der Waals surface area contributed by atoms with E-state index in [2.05, 4.69) is 17.2 Å². The number of rotatable bonds is 3. The largest absolute Gasteiger partial charge is 0.384 e. The summed E-state index contributed by atoms with van der Waals surface area (Å²) in [5, 5.41) is 11.1. The first-order valence-electron chi connectivity index (χ1n) is 6.15. The van der Waals surface area contributed by atoms with Crippen LogP contribution < -0.4 is 5.32 Å². The highest BCUT2D eigenvalue weighted by molar-refractivity contribution is 5.91. The van der Waals surface area contributed by atoms with Gasteiger partial charge in [-0.3, -0.25) is 4.79 Å². The van der Waals surface area contributed by atoms with E-state index in [9.17, 15) is 9.18 Å². The Morgan fingerprint density at radius 3 is 2.70 bits per heavy atom. The van der Waals surface area contributed by atoms with Gasteiger partial charge in [-0.15, -0.1) is 0 Å². The molecule has 0 saturated carbocycles. The zero-order chi connectivity index (χ0) is 15.2. The molecule has 20 heavy (non-hydrogen) atoms. The number of aliphatic hydroxyl groups is 1. The number of carbonyl (C=O) groups excluding carboxylic acids is 1. The van der Waals surface area contributed by atoms with E-state index in [1.807, 2.05) is 20.8 Å². The van der Waals surface area contributed by atoms with E-state index in [0.717, 1.165) is 0 Å². The van der Waals surface area contributed by atoms with Crippen LogP contribution in [-0.4, -0.2) is 29.8 Å². The number of benzene rings is 1. The van der Waals surface area contributed by atoms with E-state index in [-0.39, 0.29) is 24.7 Å². The Kier molecular flexibility index (Phi) is 5.68. The molecule has 2 N–H and O–H groups in total. The van der Waals surface area contributed by atoms with Crippen LogP contribution in [-0.2, 0) is 9.53 Å². The van der Waals surface area contributed by atoms with Gasteiger partial charge in [0, 0.05) is 5.69 Å². The minimum absolute atomic E-state index is 0.100. The lowest BCUT2D eigenvalue weighted by Gasteiger charge is -2.19. The van der Waals surface area contributed by atoms with Crippen molar-refractivity contribution >= 4 is 11.6 Å². The van der Waals surface area contributed by atoms with Crippen LogP contribution in [0.3, 0.4) is 0 Å². The maximum Gasteiger partial charge on any atom is 0.250 e. The number of nitrogens with one attached hydrogen (secondary N) is 1. The third kappa shape index (κ3) is 5.83. The number of aliphatic hydroxyl groups excluding tert-OH is 1. The van der Waals surface area contributed by atoms with Crippen LogP contribution in [0.5, 0.6) is 0 Å². The van der Waals surface area contributed by atoms with Crippen molar-refractivity contribution in [3.05, 3.63) is 29.6 Å². The Hall–Kier alpha value is -1.90. The van der Waals surface area contributed by atoms with Crippen molar-refractivity contribution in [3.63, 3.8) is 0 Å². The Bertz CT molecular complexity index is 538. The molecule has 1 rings (SSSR count). The third-order valence-corrected chi connectivity index (χ3v) is 2.19. The summed E-state index contributed by atoms with van der Waals surface area (Å²) in [5.74, 6) is 3.93. The molecule has 0 saturated heterocycles. The Balaban J connectivity index is 2.65. The number of anilines is 1. The first-order valence-corrected chi connectivity index (χ1v) is 6.15. The Morgan fingerprint density at radius 2 is 2.15 bits per heavy atom. The maximum atomic E-state index is 13.6. The monoisotopic (exact) mass is 279 g/mol. The summed E-state index contributed by atoms with van der Waals surface area (Å²) in [7, 11) is 0. The molecular formula is C15H18FNO3. The standard InChI is InChI=1S/C15H18FNO3/c1-15(2,3)20-10-14(19)17-12-7-6-11(5-4-8-18)13(16)9-12/h6-7,9,18H,8,10H2,1-3H3,(H,17,19). The molecule has 0 unspecified atom stereocenters. The van der Waals surface area contributed by atoms with Crippen LogP contribution in [0, 0.1) is 17.7 Å². The van der Waals surface area contributed by atoms with Crippen molar-refractivity contribution < 1.29 is 19.0 Å². The van der Waals surface area contributed by atoms with Crippen LogP contribution in [0.1, 0.15) is 26.3 Å². The van der Waals surface area contributed by atoms with Crippen molar-refractivity contribution in [1.29, 1.82) is 0 Å². The molecule has 0 bridgehead atoms. The zero-order valence-electron chi connectivity index (χ0n) is 11.8. The minimum Gasteiger partial charge on any atom is -0.384 e. The van der Waals surface area contributed by atoms with E-state index in [1.54, 1.807) is 6.07 Å². The first kappa shape index (κ1) is 16.2. The van der Waals surface area contributed by atoms with E-state index in [4.69, 9.17) is 9.84 Å². The lowest BCUT2D eigenvalue weighted by molar-refractivity contribution is -0.125. The topological polar surface area (TPSA) is 58.6 Å². The lowest BCUT2D eigenvalue weighted by Crippen LogP contribution is -2.27. The van der Waals surface area contributed by atoms with E-state index < -0.39 is 11.4 Å². The molecule has 0 aliphatic carbocycles. The van der Waals surface area contributed by atoms with Gasteiger partial charge in [-0.25, -0.2) is 4.39 Å². The molecule has 0 atom stereocenters. The predicted octanol–water partition coefficient (Wildman–Crippen LogP) is 1.92. The number of halogens is 1. The molecule has 1 aromatic carbocycles. The molecule has 0 aliphatic heterocycles. The van der Waals surface area contributed by atoms with Crippen LogP contribution in [0.25, 0.3) is 0 Å². The summed E-state index contributed by atoms with van der Waals surface area (Å²) < 4.78 is 18.9. The number of ether oxygens (including phenoxy) is 1. The second kappa shape index (κ2) is 7.04. The van der Waals surface area contributed by atoms with Gasteiger partial charge in [0.25, 0.3) is 0 Å². The van der Waals surface area contributed by atoms with Crippen molar-refractivity contribution in [3.8, 4) is 11.8 Å². The number of hydrogen-bond acceptors (Lipinski definition) is 3. The van der Waals surface area contributed by atoms with Crippen molar-refractivity contribution in [1.82, 2.24) is 0 Å². The van der Waals surface area contributed by atoms with Crippen molar-refractivity contribution in [2.24, 2.45) is 0 Å². The molecule has 0 spiro atoms. The first-order chi connectivity index (χ1) is 9.31. The van der Waals surface area contributed by atoms with Gasteiger partial charge in [0.05, 0.1) is 11.2 Å². The van der Waals surface area contributed by atoms with Crippen LogP contribution in [0.15, 0.2) is 18.2 Å². The van der Waals surface area contributed by atoms with Gasteiger partial charge < -0.3 is 15.2 Å². The second-order valence-electron chi connectivity index (χ2n) is 5.10. The number of amides is 1. The molecule has 0 aromatic heterocycles. The zero-order valence-corrected chi connectivity index (χ0v) is 11.8. The molecule has 0 radical (unpaired) electrons. The average molecular weight is 279 g/mol. The van der Waals surface area contributed by atoms with Gasteiger partial charge >= 0.3 is 0 Å². The van der Waals surface area contributed by atoms with Gasteiger partial charge in [-0.2, -0.15) is 0 Å². The molecule has 5 heteroatoms. The van der Waals surface area contributed by atoms with Gasteiger partial charge in [-0.05, 0) is 39.0 Å². The normalized spacial score (nSPS) is 10.7. The summed E-state index contributed by atoms with van der Waals surface area (Å²) in [5.41, 5.74) is 0.0920. The molecule has 1 amide bonds. The fourth-order valence-corrected chi connectivity index (χ4v) is 1.31. The van der Waals surface area contributed by atoms with E-state index in [1.165, 1.54) is 12.1 Å². The van der Waals surface area contributed by atoms with Gasteiger partial charge in [-0.1, -0.05) is 11.8 Å². The van der Waals surface area contributed by atoms with Gasteiger partial charge in [0.15, 0.2) is 0 Å². The summed E-state index contributed by atoms with van der Waals surface area (Å²) in [4.78, 5) is 11.6. The van der Waals surface area contributed by atoms with Gasteiger partial charge in [0.2, 0.25) is 5.91 Å². The lowest BCUT2D eigenvalue weighted by atomic mass is 10.2. The summed E-state index contributed by atoms with van der Waals surface area (Å²) in [6, 6.07) is 4.16. The van der Waals surface area contributed by atoms with Crippen LogP contribution in [0.4, 0.5) is 10.1 Å². The molecule has 108 valence electrons. The molecule has 0 fully saturated rings. The third-order valence-electron chi connectivity index (χ3n) is 2.19. The summed E-state index contributed by atoms with van der Waals surface area (Å²) in [6.45, 7) is 5.09. The maximum absolute atomic E-state index is 13.6. The number of carbonyl (C=O) groups is 1. The highest BCUT2D eigenvalue weighted by Crippen LogP contribution is 2.14. The smallest absolute Gasteiger partial charge is 0.250 e. The molecule has 0 heterocycles. The van der Waals surface area contributed by atoms with Crippen molar-refractivity contribution in [2.75, 3.05) is 18.5 Å². The highest BCUT2D eigenvalue weighted by atomic mass is 19.1. The highest BCUT2D eigenvalue weighted by Gasteiger charge is 2.13. The predicted molar refractivity (Wildman–Crippen MR) is 74.7 cm³/mol. The quantitative estimate of drug-likeness (QED) is 0.831. The summed E-state index contributed by atoms with van der Waals surface area (Å²) in [6.07, 6.45) is 0. The Morgan fingerprint density at radius 1 is 1.45 bits per heavy atom. The van der Waals surface area contributed by atoms with Crippen LogP contribution in [0.2, 0.25) is 0 Å². The molecule has 0 aliphatic rings. The fraction of sp³-hybridized carbons (Fsp3) is 0.400. The van der Waals surface area contributed by atoms with Crippen LogP contribution >= 0.6 is 0 Å². The molecule has 4 nitrogen and oxygen atoms in total. The SMILES string of the molecule is CC(C)(C)OCC(=O)Nc1ccc(C#CCO)c(F)c1. The number of hydrogen-bond donors (Lipinski definition) is 2.